The van der Waals surface area contributed by atoms with Gasteiger partial charge in [-0.1, -0.05) is 13.8 Å². The lowest BCUT2D eigenvalue weighted by molar-refractivity contribution is -0.141. The molecule has 3 heteroatoms. The molecule has 1 aliphatic heterocycles. The highest BCUT2D eigenvalue weighted by Crippen LogP contribution is 2.26. The normalized spacial score (nSPS) is 31.7. The van der Waals surface area contributed by atoms with Crippen LogP contribution in [0.3, 0.4) is 0 Å². The van der Waals surface area contributed by atoms with Crippen LogP contribution in [0.25, 0.3) is 0 Å². The van der Waals surface area contributed by atoms with E-state index in [2.05, 4.69) is 20.8 Å². The number of carbonyl (C=O) groups excluding carboxylic acids is 1. The first-order valence-corrected chi connectivity index (χ1v) is 5.93. The van der Waals surface area contributed by atoms with Crippen LogP contribution in [-0.4, -0.2) is 36.6 Å². The number of amides is 1. The van der Waals surface area contributed by atoms with Crippen LogP contribution >= 0.6 is 0 Å². The van der Waals surface area contributed by atoms with Gasteiger partial charge in [0.1, 0.15) is 6.61 Å². The average Bonchev–Trinajstić information content (AvgIpc) is 2.19. The number of rotatable bonds is 3. The van der Waals surface area contributed by atoms with E-state index in [1.165, 1.54) is 6.42 Å². The predicted octanol–water partition coefficient (Wildman–Crippen LogP) is 1.92. The highest BCUT2D eigenvalue weighted by molar-refractivity contribution is 5.77. The molecule has 1 rings (SSSR count). The Hall–Kier alpha value is -0.570. The predicted molar refractivity (Wildman–Crippen MR) is 60.6 cm³/mol. The van der Waals surface area contributed by atoms with E-state index in [9.17, 15) is 4.79 Å². The van der Waals surface area contributed by atoms with Crippen molar-refractivity contribution < 1.29 is 9.53 Å². The summed E-state index contributed by atoms with van der Waals surface area (Å²) in [5.74, 6) is 1.35. The highest BCUT2D eigenvalue weighted by Gasteiger charge is 2.31. The molecule has 0 aromatic rings. The summed E-state index contributed by atoms with van der Waals surface area (Å²) >= 11 is 0. The molecule has 1 aliphatic rings. The summed E-state index contributed by atoms with van der Waals surface area (Å²) in [6, 6.07) is 0.356. The van der Waals surface area contributed by atoms with E-state index < -0.39 is 0 Å². The smallest absolute Gasteiger partial charge is 0.248 e. The Morgan fingerprint density at radius 3 is 2.67 bits per heavy atom. The number of ether oxygens (including phenoxy) is 1. The first-order chi connectivity index (χ1) is 7.06. The molecule has 1 heterocycles. The number of carbonyl (C=O) groups is 1. The van der Waals surface area contributed by atoms with Crippen LogP contribution < -0.4 is 0 Å². The Kier molecular flexibility index (Phi) is 4.58. The molecule has 0 aromatic carbocycles. The molecule has 0 N–H and O–H groups in total. The minimum absolute atomic E-state index is 0.141. The monoisotopic (exact) mass is 213 g/mol. The number of hydrogen-bond acceptors (Lipinski definition) is 2. The standard InChI is InChI=1S/C12H23NO2/c1-5-15-8-12(14)13-7-9(2)6-10(3)11(13)4/h9-11H,5-8H2,1-4H3. The van der Waals surface area contributed by atoms with Gasteiger partial charge in [-0.25, -0.2) is 0 Å². The number of likely N-dealkylation sites (tertiary alicyclic amines) is 1. The van der Waals surface area contributed by atoms with Gasteiger partial charge < -0.3 is 9.64 Å². The summed E-state index contributed by atoms with van der Waals surface area (Å²) in [5, 5.41) is 0. The quantitative estimate of drug-likeness (QED) is 0.717. The maximum Gasteiger partial charge on any atom is 0.248 e. The second kappa shape index (κ2) is 5.50. The van der Waals surface area contributed by atoms with E-state index in [4.69, 9.17) is 4.74 Å². The van der Waals surface area contributed by atoms with E-state index in [1.807, 2.05) is 11.8 Å². The largest absolute Gasteiger partial charge is 0.372 e. The molecule has 1 saturated heterocycles. The molecule has 0 aliphatic carbocycles. The molecule has 3 nitrogen and oxygen atoms in total. The molecule has 3 unspecified atom stereocenters. The number of hydrogen-bond donors (Lipinski definition) is 0. The average molecular weight is 213 g/mol. The van der Waals surface area contributed by atoms with Crippen molar-refractivity contribution >= 4 is 5.91 Å². The molecule has 0 spiro atoms. The van der Waals surface area contributed by atoms with Crippen molar-refractivity contribution in [3.05, 3.63) is 0 Å². The number of piperidine rings is 1. The Labute approximate surface area is 92.8 Å². The van der Waals surface area contributed by atoms with Gasteiger partial charge in [-0.05, 0) is 32.1 Å². The SMILES string of the molecule is CCOCC(=O)N1CC(C)CC(C)C1C. The molecule has 1 fully saturated rings. The van der Waals surface area contributed by atoms with Gasteiger partial charge in [-0.2, -0.15) is 0 Å². The molecule has 1 amide bonds. The van der Waals surface area contributed by atoms with Crippen molar-refractivity contribution in [2.45, 2.75) is 40.2 Å². The van der Waals surface area contributed by atoms with Gasteiger partial charge in [0.05, 0.1) is 0 Å². The number of nitrogens with zero attached hydrogens (tertiary/aromatic N) is 1. The molecule has 0 radical (unpaired) electrons. The van der Waals surface area contributed by atoms with Crippen LogP contribution in [0.2, 0.25) is 0 Å². The van der Waals surface area contributed by atoms with Crippen LogP contribution in [0.4, 0.5) is 0 Å². The third-order valence-corrected chi connectivity index (χ3v) is 3.35. The van der Waals surface area contributed by atoms with Crippen LogP contribution in [0.15, 0.2) is 0 Å². The zero-order valence-corrected chi connectivity index (χ0v) is 10.3. The van der Waals surface area contributed by atoms with Gasteiger partial charge in [0, 0.05) is 19.2 Å². The van der Waals surface area contributed by atoms with Crippen molar-refractivity contribution in [1.29, 1.82) is 0 Å². The summed E-state index contributed by atoms with van der Waals surface area (Å²) < 4.78 is 5.18. The van der Waals surface area contributed by atoms with Gasteiger partial charge in [-0.3, -0.25) is 4.79 Å². The third kappa shape index (κ3) is 3.20. The molecule has 3 atom stereocenters. The van der Waals surface area contributed by atoms with Crippen molar-refractivity contribution in [2.24, 2.45) is 11.8 Å². The van der Waals surface area contributed by atoms with Gasteiger partial charge in [0.15, 0.2) is 0 Å². The van der Waals surface area contributed by atoms with Crippen LogP contribution in [0.5, 0.6) is 0 Å². The molecule has 0 aromatic heterocycles. The van der Waals surface area contributed by atoms with Gasteiger partial charge in [0.25, 0.3) is 0 Å². The summed E-state index contributed by atoms with van der Waals surface area (Å²) in [7, 11) is 0. The van der Waals surface area contributed by atoms with Crippen molar-refractivity contribution in [2.75, 3.05) is 19.8 Å². The molecule has 88 valence electrons. The summed E-state index contributed by atoms with van der Waals surface area (Å²) in [6.45, 7) is 10.2. The van der Waals surface area contributed by atoms with Crippen molar-refractivity contribution in [3.63, 3.8) is 0 Å². The van der Waals surface area contributed by atoms with Crippen molar-refractivity contribution in [1.82, 2.24) is 4.90 Å². The zero-order valence-electron chi connectivity index (χ0n) is 10.3. The van der Waals surface area contributed by atoms with Gasteiger partial charge in [-0.15, -0.1) is 0 Å². The van der Waals surface area contributed by atoms with E-state index >= 15 is 0 Å². The molecule has 15 heavy (non-hydrogen) atoms. The van der Waals surface area contributed by atoms with Crippen LogP contribution in [-0.2, 0) is 9.53 Å². The Bertz CT molecular complexity index is 218. The Balaban J connectivity index is 2.54. The Morgan fingerprint density at radius 2 is 2.07 bits per heavy atom. The maximum atomic E-state index is 11.9. The third-order valence-electron chi connectivity index (χ3n) is 3.35. The van der Waals surface area contributed by atoms with E-state index in [-0.39, 0.29) is 12.5 Å². The van der Waals surface area contributed by atoms with E-state index in [0.717, 1.165) is 6.54 Å². The first-order valence-electron chi connectivity index (χ1n) is 5.93. The van der Waals surface area contributed by atoms with Crippen LogP contribution in [0, 0.1) is 11.8 Å². The van der Waals surface area contributed by atoms with Crippen LogP contribution in [0.1, 0.15) is 34.1 Å². The summed E-state index contributed by atoms with van der Waals surface area (Å²) in [6.07, 6.45) is 1.22. The second-order valence-corrected chi connectivity index (χ2v) is 4.74. The minimum atomic E-state index is 0.141. The van der Waals surface area contributed by atoms with E-state index in [1.54, 1.807) is 0 Å². The fraction of sp³-hybridized carbons (Fsp3) is 0.917. The van der Waals surface area contributed by atoms with Crippen molar-refractivity contribution in [3.8, 4) is 0 Å². The fourth-order valence-electron chi connectivity index (χ4n) is 2.32. The molecular formula is C12H23NO2. The minimum Gasteiger partial charge on any atom is -0.372 e. The lowest BCUT2D eigenvalue weighted by Crippen LogP contribution is -2.50. The topological polar surface area (TPSA) is 29.5 Å². The lowest BCUT2D eigenvalue weighted by atomic mass is 9.86. The van der Waals surface area contributed by atoms with Gasteiger partial charge >= 0.3 is 0 Å². The zero-order chi connectivity index (χ0) is 11.4. The molecule has 0 saturated carbocycles. The Morgan fingerprint density at radius 1 is 1.40 bits per heavy atom. The fourth-order valence-corrected chi connectivity index (χ4v) is 2.32. The molecular weight excluding hydrogens is 190 g/mol. The second-order valence-electron chi connectivity index (χ2n) is 4.74. The highest BCUT2D eigenvalue weighted by atomic mass is 16.5. The lowest BCUT2D eigenvalue weighted by Gasteiger charge is -2.41. The van der Waals surface area contributed by atoms with Gasteiger partial charge in [0.2, 0.25) is 5.91 Å². The maximum absolute atomic E-state index is 11.9. The summed E-state index contributed by atoms with van der Waals surface area (Å²) in [5.41, 5.74) is 0. The molecule has 0 bridgehead atoms. The first kappa shape index (κ1) is 12.5. The van der Waals surface area contributed by atoms with E-state index in [0.29, 0.717) is 24.5 Å². The summed E-state index contributed by atoms with van der Waals surface area (Å²) in [4.78, 5) is 13.8.